The molecule has 4 aromatic rings. The summed E-state index contributed by atoms with van der Waals surface area (Å²) in [6.45, 7) is 4.21. The Bertz CT molecular complexity index is 1320. The van der Waals surface area contributed by atoms with E-state index in [1.54, 1.807) is 10.6 Å². The van der Waals surface area contributed by atoms with E-state index in [1.807, 2.05) is 48.7 Å². The number of rotatable bonds is 4. The molecule has 2 N–H and O–H groups in total. The Hall–Kier alpha value is -3.41. The van der Waals surface area contributed by atoms with Crippen molar-refractivity contribution < 1.29 is 4.79 Å². The van der Waals surface area contributed by atoms with Crippen molar-refractivity contribution >= 4 is 27.7 Å². The highest BCUT2D eigenvalue weighted by Gasteiger charge is 2.36. The van der Waals surface area contributed by atoms with Gasteiger partial charge in [0.1, 0.15) is 11.9 Å². The third-order valence-corrected chi connectivity index (χ3v) is 5.87. The van der Waals surface area contributed by atoms with E-state index in [0.717, 1.165) is 22.9 Å². The van der Waals surface area contributed by atoms with Crippen LogP contribution in [0.15, 0.2) is 59.5 Å². The molecule has 0 spiro atoms. The second kappa shape index (κ2) is 7.13. The second-order valence-corrected chi connectivity index (χ2v) is 8.43. The molecule has 2 atom stereocenters. The summed E-state index contributed by atoms with van der Waals surface area (Å²) in [6, 6.07) is 14.5. The maximum atomic E-state index is 13.5. The highest BCUT2D eigenvalue weighted by atomic mass is 16.2. The molecule has 0 aliphatic carbocycles. The molecule has 1 amide bonds. The molecule has 2 aromatic heterocycles. The van der Waals surface area contributed by atoms with Crippen molar-refractivity contribution in [3.8, 4) is 0 Å². The van der Waals surface area contributed by atoms with E-state index >= 15 is 0 Å². The summed E-state index contributed by atoms with van der Waals surface area (Å²) >= 11 is 0. The van der Waals surface area contributed by atoms with E-state index in [1.165, 1.54) is 0 Å². The summed E-state index contributed by atoms with van der Waals surface area (Å²) < 4.78 is 1.63. The maximum absolute atomic E-state index is 13.5. The molecule has 152 valence electrons. The van der Waals surface area contributed by atoms with Gasteiger partial charge in [-0.2, -0.15) is 0 Å². The average Bonchev–Trinajstić information content (AvgIpc) is 3.14. The molecule has 30 heavy (non-hydrogen) atoms. The molecule has 0 saturated carbocycles. The van der Waals surface area contributed by atoms with Crippen LogP contribution >= 0.6 is 0 Å². The standard InChI is InChI=1S/C24H24N4O2/c1-14(2)11-20-22-26-19-10-6-4-8-17(19)24(30)28(22)21(23(29)27-20)12-15-13-25-18-9-5-3-7-16(15)18/h3-10,13-14,20-21,25H,11-12H2,1-2H3,(H,27,29)/t20-,21+/m1/s1. The molecule has 3 heterocycles. The SMILES string of the molecule is CC(C)C[C@H]1NC(=O)[C@H](Cc2c[nH]c3ccccc23)n2c1nc1ccccc1c2=O. The molecule has 0 radical (unpaired) electrons. The number of H-pyrrole nitrogens is 1. The van der Waals surface area contributed by atoms with Crippen molar-refractivity contribution in [3.05, 3.63) is 76.5 Å². The van der Waals surface area contributed by atoms with Crippen LogP contribution in [0.4, 0.5) is 0 Å². The highest BCUT2D eigenvalue weighted by Crippen LogP contribution is 2.31. The van der Waals surface area contributed by atoms with Crippen LogP contribution in [-0.4, -0.2) is 20.4 Å². The van der Waals surface area contributed by atoms with Crippen molar-refractivity contribution in [2.75, 3.05) is 0 Å². The van der Waals surface area contributed by atoms with Crippen LogP contribution in [-0.2, 0) is 11.2 Å². The predicted octanol–water partition coefficient (Wildman–Crippen LogP) is 3.88. The third-order valence-electron chi connectivity index (χ3n) is 5.87. The number of aromatic amines is 1. The fourth-order valence-corrected chi connectivity index (χ4v) is 4.49. The molecular formula is C24H24N4O2. The molecule has 0 unspecified atom stereocenters. The average molecular weight is 400 g/mol. The Morgan fingerprint density at radius 2 is 1.77 bits per heavy atom. The first-order valence-electron chi connectivity index (χ1n) is 10.4. The number of aromatic nitrogens is 3. The number of nitrogens with zero attached hydrogens (tertiary/aromatic N) is 2. The number of carbonyl (C=O) groups excluding carboxylic acids is 1. The van der Waals surface area contributed by atoms with E-state index in [0.29, 0.717) is 29.1 Å². The van der Waals surface area contributed by atoms with E-state index in [9.17, 15) is 9.59 Å². The number of fused-ring (bicyclic) bond motifs is 3. The molecule has 2 aromatic carbocycles. The summed E-state index contributed by atoms with van der Waals surface area (Å²) in [5.74, 6) is 0.881. The monoisotopic (exact) mass is 400 g/mol. The molecule has 0 fully saturated rings. The summed E-state index contributed by atoms with van der Waals surface area (Å²) in [7, 11) is 0. The van der Waals surface area contributed by atoms with Gasteiger partial charge in [0.2, 0.25) is 5.91 Å². The first kappa shape index (κ1) is 18.6. The van der Waals surface area contributed by atoms with Gasteiger partial charge in [-0.1, -0.05) is 44.2 Å². The number of nitrogens with one attached hydrogen (secondary N) is 2. The lowest BCUT2D eigenvalue weighted by atomic mass is 9.96. The zero-order valence-electron chi connectivity index (χ0n) is 17.1. The topological polar surface area (TPSA) is 79.8 Å². The molecule has 5 rings (SSSR count). The number of hydrogen-bond acceptors (Lipinski definition) is 3. The third kappa shape index (κ3) is 3.00. The van der Waals surface area contributed by atoms with E-state index in [-0.39, 0.29) is 17.5 Å². The van der Waals surface area contributed by atoms with E-state index < -0.39 is 6.04 Å². The molecule has 6 nitrogen and oxygen atoms in total. The van der Waals surface area contributed by atoms with Crippen molar-refractivity contribution in [2.24, 2.45) is 5.92 Å². The molecule has 0 bridgehead atoms. The molecule has 1 aliphatic rings. The summed E-state index contributed by atoms with van der Waals surface area (Å²) in [6.07, 6.45) is 3.09. The molecule has 0 saturated heterocycles. The lowest BCUT2D eigenvalue weighted by Gasteiger charge is -2.33. The van der Waals surface area contributed by atoms with Gasteiger partial charge >= 0.3 is 0 Å². The summed E-state index contributed by atoms with van der Waals surface area (Å²) in [5, 5.41) is 4.75. The van der Waals surface area contributed by atoms with Crippen molar-refractivity contribution in [1.29, 1.82) is 0 Å². The number of benzene rings is 2. The van der Waals surface area contributed by atoms with E-state index in [2.05, 4.69) is 24.1 Å². The van der Waals surface area contributed by atoms with Gasteiger partial charge < -0.3 is 10.3 Å². The molecule has 6 heteroatoms. The van der Waals surface area contributed by atoms with Crippen LogP contribution < -0.4 is 10.9 Å². The zero-order valence-corrected chi connectivity index (χ0v) is 17.1. The maximum Gasteiger partial charge on any atom is 0.262 e. The highest BCUT2D eigenvalue weighted by molar-refractivity contribution is 5.87. The first-order valence-corrected chi connectivity index (χ1v) is 10.4. The van der Waals surface area contributed by atoms with E-state index in [4.69, 9.17) is 4.98 Å². The van der Waals surface area contributed by atoms with Crippen molar-refractivity contribution in [3.63, 3.8) is 0 Å². The van der Waals surface area contributed by atoms with Gasteiger partial charge in [-0.15, -0.1) is 0 Å². The smallest absolute Gasteiger partial charge is 0.262 e. The van der Waals surface area contributed by atoms with Gasteiger partial charge in [-0.25, -0.2) is 4.98 Å². The van der Waals surface area contributed by atoms with Gasteiger partial charge in [0.05, 0.1) is 16.9 Å². The van der Waals surface area contributed by atoms with Crippen LogP contribution in [0, 0.1) is 5.92 Å². The number of amides is 1. The lowest BCUT2D eigenvalue weighted by Crippen LogP contribution is -2.48. The molecular weight excluding hydrogens is 376 g/mol. The normalized spacial score (nSPS) is 18.7. The summed E-state index contributed by atoms with van der Waals surface area (Å²) in [4.78, 5) is 34.8. The van der Waals surface area contributed by atoms with Crippen LogP contribution in [0.3, 0.4) is 0 Å². The minimum Gasteiger partial charge on any atom is -0.361 e. The Balaban J connectivity index is 1.68. The minimum atomic E-state index is -0.632. The number of hydrogen-bond donors (Lipinski definition) is 2. The van der Waals surface area contributed by atoms with Crippen LogP contribution in [0.5, 0.6) is 0 Å². The lowest BCUT2D eigenvalue weighted by molar-refractivity contribution is -0.126. The van der Waals surface area contributed by atoms with Gasteiger partial charge in [0.15, 0.2) is 0 Å². The van der Waals surface area contributed by atoms with Gasteiger partial charge in [0, 0.05) is 23.5 Å². The largest absolute Gasteiger partial charge is 0.361 e. The zero-order chi connectivity index (χ0) is 20.8. The minimum absolute atomic E-state index is 0.127. The summed E-state index contributed by atoms with van der Waals surface area (Å²) in [5.41, 5.74) is 2.55. The van der Waals surface area contributed by atoms with Gasteiger partial charge in [0.25, 0.3) is 5.56 Å². The van der Waals surface area contributed by atoms with Crippen molar-refractivity contribution in [1.82, 2.24) is 19.9 Å². The van der Waals surface area contributed by atoms with Gasteiger partial charge in [-0.05, 0) is 36.1 Å². The predicted molar refractivity (Wildman–Crippen MR) is 117 cm³/mol. The Kier molecular flexibility index (Phi) is 4.42. The second-order valence-electron chi connectivity index (χ2n) is 8.43. The Morgan fingerprint density at radius 1 is 1.03 bits per heavy atom. The van der Waals surface area contributed by atoms with Crippen LogP contribution in [0.25, 0.3) is 21.8 Å². The fourth-order valence-electron chi connectivity index (χ4n) is 4.49. The fraction of sp³-hybridized carbons (Fsp3) is 0.292. The Labute approximate surface area is 173 Å². The van der Waals surface area contributed by atoms with Crippen LogP contribution in [0.2, 0.25) is 0 Å². The van der Waals surface area contributed by atoms with Crippen molar-refractivity contribution in [2.45, 2.75) is 38.8 Å². The first-order chi connectivity index (χ1) is 14.5. The quantitative estimate of drug-likeness (QED) is 0.546. The number of carbonyl (C=O) groups is 1. The van der Waals surface area contributed by atoms with Gasteiger partial charge in [-0.3, -0.25) is 14.2 Å². The number of para-hydroxylation sites is 2. The van der Waals surface area contributed by atoms with Crippen LogP contribution in [0.1, 0.15) is 43.7 Å². The molecule has 1 aliphatic heterocycles. The Morgan fingerprint density at radius 3 is 2.57 bits per heavy atom.